The molecule has 0 spiro atoms. The highest BCUT2D eigenvalue weighted by Gasteiger charge is 2.03. The van der Waals surface area contributed by atoms with Crippen molar-refractivity contribution in [3.05, 3.63) is 63.9 Å². The van der Waals surface area contributed by atoms with Crippen LogP contribution in [-0.2, 0) is 11.4 Å². The van der Waals surface area contributed by atoms with Crippen molar-refractivity contribution in [3.63, 3.8) is 0 Å². The molecule has 0 aliphatic rings. The quantitative estimate of drug-likeness (QED) is 0.835. The lowest BCUT2D eigenvalue weighted by Gasteiger charge is -2.09. The molecule has 0 saturated heterocycles. The molecule has 1 N–H and O–H groups in total. The summed E-state index contributed by atoms with van der Waals surface area (Å²) < 4.78 is 6.52. The van der Waals surface area contributed by atoms with E-state index < -0.39 is 5.97 Å². The highest BCUT2D eigenvalue weighted by Crippen LogP contribution is 2.24. The third-order valence-electron chi connectivity index (χ3n) is 2.87. The van der Waals surface area contributed by atoms with E-state index in [-0.39, 0.29) is 0 Å². The van der Waals surface area contributed by atoms with Crippen molar-refractivity contribution in [2.24, 2.45) is 0 Å². The number of benzene rings is 1. The van der Waals surface area contributed by atoms with Crippen molar-refractivity contribution in [1.29, 1.82) is 0 Å². The van der Waals surface area contributed by atoms with E-state index in [1.54, 1.807) is 12.3 Å². The van der Waals surface area contributed by atoms with Crippen LogP contribution < -0.4 is 4.74 Å². The number of carbonyl (C=O) groups is 1. The molecule has 2 rings (SSSR count). The Morgan fingerprint density at radius 3 is 2.95 bits per heavy atom. The van der Waals surface area contributed by atoms with E-state index in [2.05, 4.69) is 20.9 Å². The summed E-state index contributed by atoms with van der Waals surface area (Å²) in [4.78, 5) is 14.8. The second-order valence-electron chi connectivity index (χ2n) is 4.41. The average Bonchev–Trinajstić information content (AvgIpc) is 2.46. The first-order valence-corrected chi connectivity index (χ1v) is 7.09. The van der Waals surface area contributed by atoms with E-state index >= 15 is 0 Å². The lowest BCUT2D eigenvalue weighted by atomic mass is 10.2. The second kappa shape index (κ2) is 7.04. The first kappa shape index (κ1) is 15.3. The van der Waals surface area contributed by atoms with Gasteiger partial charge >= 0.3 is 5.97 Å². The van der Waals surface area contributed by atoms with Crippen molar-refractivity contribution in [3.8, 4) is 5.75 Å². The van der Waals surface area contributed by atoms with Gasteiger partial charge in [0, 0.05) is 16.7 Å². The number of aryl methyl sites for hydroxylation is 1. The van der Waals surface area contributed by atoms with Crippen LogP contribution in [0, 0.1) is 6.92 Å². The molecule has 0 aliphatic carbocycles. The number of halogens is 1. The van der Waals surface area contributed by atoms with Crippen LogP contribution in [-0.4, -0.2) is 16.1 Å². The third-order valence-corrected chi connectivity index (χ3v) is 3.59. The lowest BCUT2D eigenvalue weighted by Crippen LogP contribution is -2.00. The van der Waals surface area contributed by atoms with Gasteiger partial charge in [0.25, 0.3) is 0 Å². The number of aromatic nitrogens is 1. The SMILES string of the molecule is Cc1cccnc1COc1ccc(Br)c(/C=C/C(=O)O)c1. The van der Waals surface area contributed by atoms with E-state index in [4.69, 9.17) is 9.84 Å². The van der Waals surface area contributed by atoms with Gasteiger partial charge in [-0.1, -0.05) is 22.0 Å². The Morgan fingerprint density at radius 2 is 2.24 bits per heavy atom. The van der Waals surface area contributed by atoms with Crippen LogP contribution in [0.4, 0.5) is 0 Å². The molecule has 4 nitrogen and oxygen atoms in total. The number of aliphatic carboxylic acids is 1. The predicted octanol–water partition coefficient (Wildman–Crippen LogP) is 3.83. The van der Waals surface area contributed by atoms with Gasteiger partial charge < -0.3 is 9.84 Å². The minimum atomic E-state index is -0.989. The molecule has 0 fully saturated rings. The number of nitrogens with zero attached hydrogens (tertiary/aromatic N) is 1. The Morgan fingerprint density at radius 1 is 1.43 bits per heavy atom. The van der Waals surface area contributed by atoms with Gasteiger partial charge in [0.2, 0.25) is 0 Å². The van der Waals surface area contributed by atoms with Crippen LogP contribution in [0.2, 0.25) is 0 Å². The zero-order chi connectivity index (χ0) is 15.2. The minimum absolute atomic E-state index is 0.371. The van der Waals surface area contributed by atoms with Gasteiger partial charge in [-0.25, -0.2) is 4.79 Å². The van der Waals surface area contributed by atoms with Gasteiger partial charge in [-0.05, 0) is 48.4 Å². The molecule has 5 heteroatoms. The van der Waals surface area contributed by atoms with E-state index in [1.807, 2.05) is 31.2 Å². The minimum Gasteiger partial charge on any atom is -0.487 e. The van der Waals surface area contributed by atoms with Crippen molar-refractivity contribution in [1.82, 2.24) is 4.98 Å². The molecule has 1 aromatic carbocycles. The first-order valence-electron chi connectivity index (χ1n) is 6.30. The van der Waals surface area contributed by atoms with E-state index in [0.717, 1.165) is 27.4 Å². The fourth-order valence-electron chi connectivity index (χ4n) is 1.72. The molecule has 21 heavy (non-hydrogen) atoms. The van der Waals surface area contributed by atoms with Gasteiger partial charge in [0.1, 0.15) is 12.4 Å². The highest BCUT2D eigenvalue weighted by atomic mass is 79.9. The molecule has 0 amide bonds. The smallest absolute Gasteiger partial charge is 0.328 e. The predicted molar refractivity (Wildman–Crippen MR) is 84.1 cm³/mol. The van der Waals surface area contributed by atoms with Crippen LogP contribution in [0.15, 0.2) is 47.1 Å². The Labute approximate surface area is 131 Å². The van der Waals surface area contributed by atoms with Crippen LogP contribution in [0.1, 0.15) is 16.8 Å². The highest BCUT2D eigenvalue weighted by molar-refractivity contribution is 9.10. The number of hydrogen-bond donors (Lipinski definition) is 1. The number of hydrogen-bond acceptors (Lipinski definition) is 3. The van der Waals surface area contributed by atoms with E-state index in [0.29, 0.717) is 12.4 Å². The number of carboxylic acids is 1. The molecule has 1 heterocycles. The summed E-state index contributed by atoms with van der Waals surface area (Å²) >= 11 is 3.38. The zero-order valence-electron chi connectivity index (χ0n) is 11.4. The fraction of sp³-hybridized carbons (Fsp3) is 0.125. The van der Waals surface area contributed by atoms with Crippen LogP contribution in [0.5, 0.6) is 5.75 Å². The molecule has 1 aromatic heterocycles. The fourth-order valence-corrected chi connectivity index (χ4v) is 2.10. The van der Waals surface area contributed by atoms with E-state index in [9.17, 15) is 4.79 Å². The van der Waals surface area contributed by atoms with E-state index in [1.165, 1.54) is 6.08 Å². The molecule has 108 valence electrons. The molecule has 0 unspecified atom stereocenters. The van der Waals surface area contributed by atoms with Crippen molar-refractivity contribution in [2.45, 2.75) is 13.5 Å². The number of pyridine rings is 1. The molecular weight excluding hydrogens is 334 g/mol. The topological polar surface area (TPSA) is 59.4 Å². The standard InChI is InChI=1S/C16H14BrNO3/c1-11-3-2-8-18-15(11)10-21-13-5-6-14(17)12(9-13)4-7-16(19)20/h2-9H,10H2,1H3,(H,19,20)/b7-4+. The third kappa shape index (κ3) is 4.43. The Bertz CT molecular complexity index is 683. The van der Waals surface area contributed by atoms with Crippen molar-refractivity contribution in [2.75, 3.05) is 0 Å². The van der Waals surface area contributed by atoms with Crippen LogP contribution >= 0.6 is 15.9 Å². The Balaban J connectivity index is 2.12. The molecule has 0 atom stereocenters. The largest absolute Gasteiger partial charge is 0.487 e. The number of ether oxygens (including phenoxy) is 1. The lowest BCUT2D eigenvalue weighted by molar-refractivity contribution is -0.131. The Hall–Kier alpha value is -2.14. The normalized spacial score (nSPS) is 10.8. The monoisotopic (exact) mass is 347 g/mol. The number of rotatable bonds is 5. The average molecular weight is 348 g/mol. The summed E-state index contributed by atoms with van der Waals surface area (Å²) in [5.74, 6) is -0.328. The van der Waals surface area contributed by atoms with Crippen molar-refractivity contribution >= 4 is 28.0 Å². The van der Waals surface area contributed by atoms with Crippen LogP contribution in [0.3, 0.4) is 0 Å². The van der Waals surface area contributed by atoms with Gasteiger partial charge in [0.05, 0.1) is 5.69 Å². The molecule has 2 aromatic rings. The summed E-state index contributed by atoms with van der Waals surface area (Å²) in [6.07, 6.45) is 4.34. The summed E-state index contributed by atoms with van der Waals surface area (Å²) in [6.45, 7) is 2.35. The number of carboxylic acid groups (broad SMARTS) is 1. The second-order valence-corrected chi connectivity index (χ2v) is 5.26. The maximum atomic E-state index is 10.6. The molecule has 0 saturated carbocycles. The Kier molecular flexibility index (Phi) is 5.11. The van der Waals surface area contributed by atoms with Gasteiger partial charge in [-0.15, -0.1) is 0 Å². The summed E-state index contributed by atoms with van der Waals surface area (Å²) in [6, 6.07) is 9.28. The summed E-state index contributed by atoms with van der Waals surface area (Å²) in [5, 5.41) is 8.68. The van der Waals surface area contributed by atoms with Crippen LogP contribution in [0.25, 0.3) is 6.08 Å². The van der Waals surface area contributed by atoms with Gasteiger partial charge in [-0.3, -0.25) is 4.98 Å². The zero-order valence-corrected chi connectivity index (χ0v) is 13.0. The summed E-state index contributed by atoms with van der Waals surface area (Å²) in [7, 11) is 0. The summed E-state index contributed by atoms with van der Waals surface area (Å²) in [5.41, 5.74) is 2.69. The first-order chi connectivity index (χ1) is 10.1. The maximum absolute atomic E-state index is 10.6. The van der Waals surface area contributed by atoms with Gasteiger partial charge in [0.15, 0.2) is 0 Å². The molecule has 0 bridgehead atoms. The molecule has 0 radical (unpaired) electrons. The van der Waals surface area contributed by atoms with Crippen molar-refractivity contribution < 1.29 is 14.6 Å². The van der Waals surface area contributed by atoms with Gasteiger partial charge in [-0.2, -0.15) is 0 Å². The molecular formula is C16H14BrNO3. The maximum Gasteiger partial charge on any atom is 0.328 e. The molecule has 0 aliphatic heterocycles.